The molecule has 2 aromatic rings. The molecule has 0 saturated heterocycles. The summed E-state index contributed by atoms with van der Waals surface area (Å²) in [4.78, 5) is 8.30. The van der Waals surface area contributed by atoms with Crippen LogP contribution in [0.5, 0.6) is 5.88 Å². The van der Waals surface area contributed by atoms with Crippen molar-refractivity contribution in [1.82, 2.24) is 15.3 Å². The fourth-order valence-corrected chi connectivity index (χ4v) is 2.40. The zero-order chi connectivity index (χ0) is 15.2. The SMILES string of the molecule is CCNC(Cc1cc(OC)ncn1)c1ccc(Cl)c(Cl)c1. The second-order valence-electron chi connectivity index (χ2n) is 4.54. The maximum Gasteiger partial charge on any atom is 0.216 e. The van der Waals surface area contributed by atoms with Crippen LogP contribution in [-0.2, 0) is 6.42 Å². The van der Waals surface area contributed by atoms with Crippen LogP contribution in [0, 0.1) is 0 Å². The molecule has 0 saturated carbocycles. The molecule has 0 aliphatic carbocycles. The number of likely N-dealkylation sites (N-methyl/N-ethyl adjacent to an activating group) is 1. The van der Waals surface area contributed by atoms with Gasteiger partial charge in [0.05, 0.1) is 17.2 Å². The molecule has 1 unspecified atom stereocenters. The third-order valence-electron chi connectivity index (χ3n) is 3.12. The molecule has 4 nitrogen and oxygen atoms in total. The van der Waals surface area contributed by atoms with Gasteiger partial charge in [-0.15, -0.1) is 0 Å². The Labute approximate surface area is 134 Å². The van der Waals surface area contributed by atoms with Gasteiger partial charge in [0.2, 0.25) is 5.88 Å². The molecule has 1 atom stereocenters. The molecule has 0 radical (unpaired) electrons. The van der Waals surface area contributed by atoms with E-state index >= 15 is 0 Å². The van der Waals surface area contributed by atoms with E-state index in [1.807, 2.05) is 24.3 Å². The molecular formula is C15H17Cl2N3O. The van der Waals surface area contributed by atoms with Gasteiger partial charge in [0.1, 0.15) is 6.33 Å². The zero-order valence-corrected chi connectivity index (χ0v) is 13.4. The minimum Gasteiger partial charge on any atom is -0.481 e. The van der Waals surface area contributed by atoms with Crippen molar-refractivity contribution in [2.24, 2.45) is 0 Å². The lowest BCUT2D eigenvalue weighted by atomic mass is 10.0. The first-order valence-electron chi connectivity index (χ1n) is 6.67. The monoisotopic (exact) mass is 325 g/mol. The Morgan fingerprint density at radius 2 is 2.00 bits per heavy atom. The number of hydrogen-bond acceptors (Lipinski definition) is 4. The van der Waals surface area contributed by atoms with Gasteiger partial charge in [-0.1, -0.05) is 36.2 Å². The maximum atomic E-state index is 6.10. The summed E-state index contributed by atoms with van der Waals surface area (Å²) in [5.41, 5.74) is 1.97. The highest BCUT2D eigenvalue weighted by atomic mass is 35.5. The summed E-state index contributed by atoms with van der Waals surface area (Å²) in [6.45, 7) is 2.90. The van der Waals surface area contributed by atoms with Crippen LogP contribution in [0.2, 0.25) is 10.0 Å². The quantitative estimate of drug-likeness (QED) is 0.879. The largest absolute Gasteiger partial charge is 0.481 e. The number of nitrogens with zero attached hydrogens (tertiary/aromatic N) is 2. The molecule has 0 aliphatic rings. The summed E-state index contributed by atoms with van der Waals surface area (Å²) < 4.78 is 5.13. The summed E-state index contributed by atoms with van der Waals surface area (Å²) in [5, 5.41) is 4.54. The summed E-state index contributed by atoms with van der Waals surface area (Å²) in [7, 11) is 1.59. The summed E-state index contributed by atoms with van der Waals surface area (Å²) in [6.07, 6.45) is 2.22. The number of methoxy groups -OCH3 is 1. The van der Waals surface area contributed by atoms with Gasteiger partial charge in [-0.25, -0.2) is 9.97 Å². The Morgan fingerprint density at radius 1 is 1.19 bits per heavy atom. The first kappa shape index (κ1) is 16.0. The van der Waals surface area contributed by atoms with E-state index in [0.29, 0.717) is 22.3 Å². The van der Waals surface area contributed by atoms with Crippen molar-refractivity contribution in [3.8, 4) is 5.88 Å². The summed E-state index contributed by atoms with van der Waals surface area (Å²) in [5.74, 6) is 0.560. The third-order valence-corrected chi connectivity index (χ3v) is 3.86. The number of aromatic nitrogens is 2. The smallest absolute Gasteiger partial charge is 0.216 e. The number of nitrogens with one attached hydrogen (secondary N) is 1. The first-order valence-corrected chi connectivity index (χ1v) is 7.43. The molecule has 1 heterocycles. The van der Waals surface area contributed by atoms with Crippen LogP contribution in [0.15, 0.2) is 30.6 Å². The Balaban J connectivity index is 2.23. The average molecular weight is 326 g/mol. The molecule has 0 fully saturated rings. The molecule has 6 heteroatoms. The second-order valence-corrected chi connectivity index (χ2v) is 5.35. The predicted molar refractivity (Wildman–Crippen MR) is 85.2 cm³/mol. The van der Waals surface area contributed by atoms with E-state index in [-0.39, 0.29) is 6.04 Å². The number of benzene rings is 1. The van der Waals surface area contributed by atoms with Crippen molar-refractivity contribution >= 4 is 23.2 Å². The fraction of sp³-hybridized carbons (Fsp3) is 0.333. The van der Waals surface area contributed by atoms with E-state index < -0.39 is 0 Å². The normalized spacial score (nSPS) is 12.2. The molecule has 21 heavy (non-hydrogen) atoms. The lowest BCUT2D eigenvalue weighted by Gasteiger charge is -2.18. The van der Waals surface area contributed by atoms with Crippen LogP contribution in [0.25, 0.3) is 0 Å². The minimum absolute atomic E-state index is 0.101. The van der Waals surface area contributed by atoms with E-state index in [0.717, 1.165) is 17.8 Å². The topological polar surface area (TPSA) is 47.0 Å². The van der Waals surface area contributed by atoms with Crippen molar-refractivity contribution < 1.29 is 4.74 Å². The highest BCUT2D eigenvalue weighted by molar-refractivity contribution is 6.42. The van der Waals surface area contributed by atoms with Crippen LogP contribution >= 0.6 is 23.2 Å². The molecule has 0 amide bonds. The average Bonchev–Trinajstić information content (AvgIpc) is 2.50. The summed E-state index contributed by atoms with van der Waals surface area (Å²) in [6, 6.07) is 7.60. The Morgan fingerprint density at radius 3 is 2.67 bits per heavy atom. The van der Waals surface area contributed by atoms with Gasteiger partial charge in [0.25, 0.3) is 0 Å². The van der Waals surface area contributed by atoms with E-state index in [9.17, 15) is 0 Å². The summed E-state index contributed by atoms with van der Waals surface area (Å²) >= 11 is 12.1. The van der Waals surface area contributed by atoms with Crippen LogP contribution < -0.4 is 10.1 Å². The first-order chi connectivity index (χ1) is 10.1. The second kappa shape index (κ2) is 7.59. The fourth-order valence-electron chi connectivity index (χ4n) is 2.09. The van der Waals surface area contributed by atoms with Crippen molar-refractivity contribution in [2.75, 3.05) is 13.7 Å². The lowest BCUT2D eigenvalue weighted by molar-refractivity contribution is 0.395. The van der Waals surface area contributed by atoms with Crippen LogP contribution in [0.4, 0.5) is 0 Å². The Kier molecular flexibility index (Phi) is 5.79. The van der Waals surface area contributed by atoms with Gasteiger partial charge in [-0.05, 0) is 24.2 Å². The molecule has 0 aliphatic heterocycles. The molecule has 0 bridgehead atoms. The number of rotatable bonds is 6. The molecule has 1 aromatic carbocycles. The van der Waals surface area contributed by atoms with Gasteiger partial charge in [-0.2, -0.15) is 0 Å². The molecule has 2 rings (SSSR count). The van der Waals surface area contributed by atoms with Crippen molar-refractivity contribution in [2.45, 2.75) is 19.4 Å². The van der Waals surface area contributed by atoms with Gasteiger partial charge < -0.3 is 10.1 Å². The van der Waals surface area contributed by atoms with Crippen molar-refractivity contribution in [3.63, 3.8) is 0 Å². The minimum atomic E-state index is 0.101. The number of halogens is 2. The van der Waals surface area contributed by atoms with E-state index in [1.54, 1.807) is 7.11 Å². The molecule has 1 N–H and O–H groups in total. The van der Waals surface area contributed by atoms with Crippen LogP contribution in [0.1, 0.15) is 24.2 Å². The van der Waals surface area contributed by atoms with E-state index in [1.165, 1.54) is 6.33 Å². The Hall–Kier alpha value is -1.36. The number of hydrogen-bond donors (Lipinski definition) is 1. The van der Waals surface area contributed by atoms with E-state index in [4.69, 9.17) is 27.9 Å². The van der Waals surface area contributed by atoms with Crippen molar-refractivity contribution in [3.05, 3.63) is 51.9 Å². The third kappa shape index (κ3) is 4.30. The Bertz CT molecular complexity index is 607. The molecule has 112 valence electrons. The standard InChI is InChI=1S/C15H17Cl2N3O/c1-3-18-14(10-4-5-12(16)13(17)6-10)7-11-8-15(21-2)20-9-19-11/h4-6,8-9,14,18H,3,7H2,1-2H3. The molecular weight excluding hydrogens is 309 g/mol. The van der Waals surface area contributed by atoms with Crippen LogP contribution in [0.3, 0.4) is 0 Å². The van der Waals surface area contributed by atoms with Crippen LogP contribution in [-0.4, -0.2) is 23.6 Å². The highest BCUT2D eigenvalue weighted by Crippen LogP contribution is 2.27. The lowest BCUT2D eigenvalue weighted by Crippen LogP contribution is -2.23. The van der Waals surface area contributed by atoms with Gasteiger partial charge in [0, 0.05) is 24.2 Å². The maximum absolute atomic E-state index is 6.10. The van der Waals surface area contributed by atoms with Gasteiger partial charge in [-0.3, -0.25) is 0 Å². The highest BCUT2D eigenvalue weighted by Gasteiger charge is 2.14. The molecule has 0 spiro atoms. The van der Waals surface area contributed by atoms with Crippen molar-refractivity contribution in [1.29, 1.82) is 0 Å². The van der Waals surface area contributed by atoms with Gasteiger partial charge in [0.15, 0.2) is 0 Å². The predicted octanol–water partition coefficient (Wildman–Crippen LogP) is 3.69. The zero-order valence-electron chi connectivity index (χ0n) is 11.9. The van der Waals surface area contributed by atoms with Gasteiger partial charge >= 0.3 is 0 Å². The molecule has 1 aromatic heterocycles. The van der Waals surface area contributed by atoms with E-state index in [2.05, 4.69) is 22.2 Å². The number of ether oxygens (including phenoxy) is 1.